The summed E-state index contributed by atoms with van der Waals surface area (Å²) in [5.41, 5.74) is 6.20. The van der Waals surface area contributed by atoms with Gasteiger partial charge in [-0.15, -0.1) is 0 Å². The van der Waals surface area contributed by atoms with E-state index in [0.29, 0.717) is 6.54 Å². The quantitative estimate of drug-likeness (QED) is 0.727. The lowest BCUT2D eigenvalue weighted by atomic mass is 9.92. The van der Waals surface area contributed by atoms with Crippen LogP contribution < -0.4 is 11.1 Å². The van der Waals surface area contributed by atoms with Crippen molar-refractivity contribution in [3.63, 3.8) is 0 Å². The zero-order chi connectivity index (χ0) is 13.9. The summed E-state index contributed by atoms with van der Waals surface area (Å²) in [5, 5.41) is 3.15. The molecule has 4 N–H and O–H groups in total. The standard InChI is InChI=1S/C13H16N2O3S/c14-13(10-15-11-5-2-1-3-6-11)8-4-7-12(9-13)19(16,17)18/h1-8,15H,9-10,14H2,(H,16,17,18). The maximum absolute atomic E-state index is 11.1. The maximum atomic E-state index is 11.1. The van der Waals surface area contributed by atoms with E-state index in [-0.39, 0.29) is 11.3 Å². The number of hydrogen-bond acceptors (Lipinski definition) is 4. The zero-order valence-electron chi connectivity index (χ0n) is 10.3. The number of nitrogens with two attached hydrogens (primary N) is 1. The smallest absolute Gasteiger partial charge is 0.290 e. The van der Waals surface area contributed by atoms with Crippen LogP contribution in [0.15, 0.2) is 53.5 Å². The highest BCUT2D eigenvalue weighted by Crippen LogP contribution is 2.24. The summed E-state index contributed by atoms with van der Waals surface area (Å²) in [4.78, 5) is -0.0626. The van der Waals surface area contributed by atoms with Crippen LogP contribution in [-0.2, 0) is 10.1 Å². The first kappa shape index (κ1) is 13.8. The van der Waals surface area contributed by atoms with Crippen LogP contribution in [0.1, 0.15) is 6.42 Å². The second-order valence-electron chi connectivity index (χ2n) is 4.60. The number of hydrogen-bond donors (Lipinski definition) is 3. The van der Waals surface area contributed by atoms with Gasteiger partial charge in [0.05, 0.1) is 10.4 Å². The first-order valence-corrected chi connectivity index (χ1v) is 7.27. The van der Waals surface area contributed by atoms with Gasteiger partial charge in [-0.3, -0.25) is 4.55 Å². The van der Waals surface area contributed by atoms with Crippen molar-refractivity contribution in [2.24, 2.45) is 5.73 Å². The Kier molecular flexibility index (Phi) is 3.75. The molecule has 1 aliphatic carbocycles. The van der Waals surface area contributed by atoms with Crippen LogP contribution in [0.2, 0.25) is 0 Å². The van der Waals surface area contributed by atoms with Crippen LogP contribution in [0.4, 0.5) is 5.69 Å². The minimum absolute atomic E-state index is 0.0626. The largest absolute Gasteiger partial charge is 0.383 e. The number of rotatable bonds is 4. The van der Waals surface area contributed by atoms with E-state index in [1.165, 1.54) is 6.08 Å². The van der Waals surface area contributed by atoms with Gasteiger partial charge in [-0.1, -0.05) is 30.4 Å². The Morgan fingerprint density at radius 2 is 2.00 bits per heavy atom. The Morgan fingerprint density at radius 1 is 1.32 bits per heavy atom. The first-order chi connectivity index (χ1) is 8.89. The van der Waals surface area contributed by atoms with E-state index in [1.807, 2.05) is 30.3 Å². The molecule has 0 fully saturated rings. The molecule has 0 bridgehead atoms. The summed E-state index contributed by atoms with van der Waals surface area (Å²) in [7, 11) is -4.18. The molecule has 0 amide bonds. The lowest BCUT2D eigenvalue weighted by Gasteiger charge is -2.29. The fraction of sp³-hybridized carbons (Fsp3) is 0.231. The highest BCUT2D eigenvalue weighted by Gasteiger charge is 2.29. The van der Waals surface area contributed by atoms with Crippen LogP contribution >= 0.6 is 0 Å². The summed E-state index contributed by atoms with van der Waals surface area (Å²) in [6.07, 6.45) is 4.72. The molecule has 1 aliphatic rings. The topological polar surface area (TPSA) is 92.4 Å². The van der Waals surface area contributed by atoms with Crippen LogP contribution in [-0.4, -0.2) is 25.1 Å². The van der Waals surface area contributed by atoms with Gasteiger partial charge in [-0.25, -0.2) is 0 Å². The molecule has 0 aliphatic heterocycles. The predicted molar refractivity (Wildman–Crippen MR) is 75.2 cm³/mol. The molecule has 0 saturated heterocycles. The number of benzene rings is 1. The molecule has 1 aromatic rings. The third-order valence-corrected chi connectivity index (χ3v) is 3.88. The van der Waals surface area contributed by atoms with Crippen molar-refractivity contribution in [3.05, 3.63) is 53.5 Å². The number of nitrogens with one attached hydrogen (secondary N) is 1. The number of para-hydroxylation sites is 1. The number of allylic oxidation sites excluding steroid dienone is 2. The van der Waals surface area contributed by atoms with Crippen molar-refractivity contribution in [1.82, 2.24) is 0 Å². The van der Waals surface area contributed by atoms with Gasteiger partial charge in [-0.2, -0.15) is 8.42 Å². The second kappa shape index (κ2) is 5.16. The van der Waals surface area contributed by atoms with Crippen molar-refractivity contribution in [1.29, 1.82) is 0 Å². The highest BCUT2D eigenvalue weighted by molar-refractivity contribution is 7.89. The van der Waals surface area contributed by atoms with Gasteiger partial charge >= 0.3 is 0 Å². The van der Waals surface area contributed by atoms with Crippen molar-refractivity contribution < 1.29 is 13.0 Å². The predicted octanol–water partition coefficient (Wildman–Crippen LogP) is 1.53. The van der Waals surface area contributed by atoms with Gasteiger partial charge < -0.3 is 11.1 Å². The Hall–Kier alpha value is -1.63. The van der Waals surface area contributed by atoms with E-state index >= 15 is 0 Å². The van der Waals surface area contributed by atoms with Gasteiger partial charge in [0, 0.05) is 18.7 Å². The normalized spacial score (nSPS) is 22.9. The third kappa shape index (κ3) is 3.66. The molecule has 1 atom stereocenters. The average Bonchev–Trinajstić information content (AvgIpc) is 2.37. The Morgan fingerprint density at radius 3 is 2.63 bits per heavy atom. The molecule has 0 heterocycles. The molecule has 1 unspecified atom stereocenters. The molecule has 2 rings (SSSR count). The summed E-state index contributed by atoms with van der Waals surface area (Å²) < 4.78 is 31.3. The molecule has 1 aromatic carbocycles. The van der Waals surface area contributed by atoms with E-state index in [0.717, 1.165) is 5.69 Å². The van der Waals surface area contributed by atoms with Crippen molar-refractivity contribution in [2.75, 3.05) is 11.9 Å². The lowest BCUT2D eigenvalue weighted by molar-refractivity contribution is 0.478. The zero-order valence-corrected chi connectivity index (χ0v) is 11.1. The van der Waals surface area contributed by atoms with E-state index in [2.05, 4.69) is 5.32 Å². The molecular weight excluding hydrogens is 264 g/mol. The van der Waals surface area contributed by atoms with E-state index < -0.39 is 15.7 Å². The van der Waals surface area contributed by atoms with E-state index in [4.69, 9.17) is 10.3 Å². The minimum Gasteiger partial charge on any atom is -0.383 e. The van der Waals surface area contributed by atoms with Crippen molar-refractivity contribution >= 4 is 15.8 Å². The molecule has 5 nitrogen and oxygen atoms in total. The molecule has 0 radical (unpaired) electrons. The summed E-state index contributed by atoms with van der Waals surface area (Å²) in [6.45, 7) is 0.375. The molecule has 19 heavy (non-hydrogen) atoms. The molecule has 6 heteroatoms. The first-order valence-electron chi connectivity index (χ1n) is 5.83. The highest BCUT2D eigenvalue weighted by atomic mass is 32.2. The third-order valence-electron chi connectivity index (χ3n) is 2.94. The summed E-state index contributed by atoms with van der Waals surface area (Å²) >= 11 is 0. The van der Waals surface area contributed by atoms with Crippen LogP contribution in [0, 0.1) is 0 Å². The van der Waals surface area contributed by atoms with Crippen LogP contribution in [0.25, 0.3) is 0 Å². The Balaban J connectivity index is 2.05. The molecular formula is C13H16N2O3S. The SMILES string of the molecule is NC1(CNc2ccccc2)C=CC=C(S(=O)(=O)O)C1. The fourth-order valence-electron chi connectivity index (χ4n) is 1.91. The molecule has 0 saturated carbocycles. The van der Waals surface area contributed by atoms with Gasteiger partial charge in [-0.05, 0) is 18.2 Å². The Labute approximate surface area is 112 Å². The van der Waals surface area contributed by atoms with Gasteiger partial charge in [0.1, 0.15) is 0 Å². The number of anilines is 1. The average molecular weight is 280 g/mol. The van der Waals surface area contributed by atoms with Crippen LogP contribution in [0.5, 0.6) is 0 Å². The second-order valence-corrected chi connectivity index (χ2v) is 6.07. The van der Waals surface area contributed by atoms with Crippen LogP contribution in [0.3, 0.4) is 0 Å². The van der Waals surface area contributed by atoms with Crippen molar-refractivity contribution in [2.45, 2.75) is 12.0 Å². The van der Waals surface area contributed by atoms with Crippen molar-refractivity contribution in [3.8, 4) is 0 Å². The maximum Gasteiger partial charge on any atom is 0.290 e. The fourth-order valence-corrected chi connectivity index (χ4v) is 2.61. The van der Waals surface area contributed by atoms with Gasteiger partial charge in [0.25, 0.3) is 10.1 Å². The molecule has 102 valence electrons. The summed E-state index contributed by atoms with van der Waals surface area (Å²) in [5.74, 6) is 0. The Bertz CT molecular complexity index is 608. The van der Waals surface area contributed by atoms with E-state index in [1.54, 1.807) is 12.2 Å². The van der Waals surface area contributed by atoms with Gasteiger partial charge in [0.15, 0.2) is 0 Å². The molecule has 0 spiro atoms. The minimum atomic E-state index is -4.18. The van der Waals surface area contributed by atoms with Gasteiger partial charge in [0.2, 0.25) is 0 Å². The monoisotopic (exact) mass is 280 g/mol. The summed E-state index contributed by atoms with van der Waals surface area (Å²) in [6, 6.07) is 9.49. The van der Waals surface area contributed by atoms with E-state index in [9.17, 15) is 8.42 Å². The molecule has 0 aromatic heterocycles. The lowest BCUT2D eigenvalue weighted by Crippen LogP contribution is -2.46.